The van der Waals surface area contributed by atoms with Crippen LogP contribution in [0.1, 0.15) is 56.9 Å². The summed E-state index contributed by atoms with van der Waals surface area (Å²) in [6.45, 7) is 1.53. The lowest BCUT2D eigenvalue weighted by molar-refractivity contribution is -0.130. The Balaban J connectivity index is 1.19. The summed E-state index contributed by atoms with van der Waals surface area (Å²) in [6.07, 6.45) is 10.0. The predicted molar refractivity (Wildman–Crippen MR) is 137 cm³/mol. The normalized spacial score (nSPS) is 17.0. The zero-order chi connectivity index (χ0) is 24.6. The second kappa shape index (κ2) is 11.9. The summed E-state index contributed by atoms with van der Waals surface area (Å²) in [4.78, 5) is 32.7. The summed E-state index contributed by atoms with van der Waals surface area (Å²) in [5.41, 5.74) is 1.14. The molecule has 1 fully saturated rings. The number of hydrogen-bond acceptors (Lipinski definition) is 6. The summed E-state index contributed by atoms with van der Waals surface area (Å²) < 4.78 is 11.0. The van der Waals surface area contributed by atoms with E-state index >= 15 is 0 Å². The van der Waals surface area contributed by atoms with Crippen LogP contribution in [-0.2, 0) is 14.3 Å². The van der Waals surface area contributed by atoms with E-state index in [0.29, 0.717) is 18.1 Å². The van der Waals surface area contributed by atoms with Crippen molar-refractivity contribution in [2.45, 2.75) is 57.5 Å². The Bertz CT molecular complexity index is 1100. The minimum Gasteiger partial charge on any atom is -0.446 e. The monoisotopic (exact) mass is 477 g/mol. The zero-order valence-electron chi connectivity index (χ0n) is 20.7. The van der Waals surface area contributed by atoms with Crippen LogP contribution in [0.5, 0.6) is 0 Å². The Labute approximate surface area is 207 Å². The van der Waals surface area contributed by atoms with Gasteiger partial charge in [-0.1, -0.05) is 49.2 Å². The second-order valence-electron chi connectivity index (χ2n) is 9.45. The van der Waals surface area contributed by atoms with Gasteiger partial charge in [-0.25, -0.2) is 14.6 Å². The van der Waals surface area contributed by atoms with Gasteiger partial charge in [0.1, 0.15) is 6.10 Å². The molecular weight excluding hydrogens is 442 g/mol. The van der Waals surface area contributed by atoms with E-state index in [1.165, 1.54) is 0 Å². The maximum atomic E-state index is 12.4. The van der Waals surface area contributed by atoms with E-state index in [-0.39, 0.29) is 12.2 Å². The highest BCUT2D eigenvalue weighted by atomic mass is 16.6. The van der Waals surface area contributed by atoms with E-state index < -0.39 is 5.97 Å². The molecule has 2 aliphatic rings. The lowest BCUT2D eigenvalue weighted by Crippen LogP contribution is -2.31. The van der Waals surface area contributed by atoms with Crippen LogP contribution < -0.4 is 0 Å². The number of carbonyl (C=O) groups excluding carboxylic acids is 2. The Kier molecular flexibility index (Phi) is 8.40. The molecule has 0 aromatic heterocycles. The van der Waals surface area contributed by atoms with Crippen LogP contribution in [0.25, 0.3) is 10.8 Å². The van der Waals surface area contributed by atoms with Crippen molar-refractivity contribution < 1.29 is 19.1 Å². The fourth-order valence-electron chi connectivity index (χ4n) is 4.59. The summed E-state index contributed by atoms with van der Waals surface area (Å²) in [6, 6.07) is 13.9. The number of amides is 1. The van der Waals surface area contributed by atoms with Crippen LogP contribution in [0.15, 0.2) is 59.4 Å². The Morgan fingerprint density at radius 1 is 1.03 bits per heavy atom. The van der Waals surface area contributed by atoms with Gasteiger partial charge >= 0.3 is 12.1 Å². The van der Waals surface area contributed by atoms with Crippen molar-refractivity contribution in [3.63, 3.8) is 0 Å². The number of carbonyl (C=O) groups is 2. The highest BCUT2D eigenvalue weighted by molar-refractivity contribution is 6.16. The molecule has 7 heteroatoms. The summed E-state index contributed by atoms with van der Waals surface area (Å²) in [7, 11) is 3.75. The third kappa shape index (κ3) is 6.62. The highest BCUT2D eigenvalue weighted by Gasteiger charge is 2.25. The average molecular weight is 478 g/mol. The first kappa shape index (κ1) is 24.8. The molecule has 0 N–H and O–H groups in total. The van der Waals surface area contributed by atoms with Crippen LogP contribution in [-0.4, -0.2) is 61.0 Å². The predicted octanol–water partition coefficient (Wildman–Crippen LogP) is 5.49. The van der Waals surface area contributed by atoms with Crippen molar-refractivity contribution in [2.75, 3.05) is 27.2 Å². The molecule has 0 unspecified atom stereocenters. The Morgan fingerprint density at radius 2 is 1.74 bits per heavy atom. The number of benzene rings is 2. The van der Waals surface area contributed by atoms with Gasteiger partial charge in [-0.3, -0.25) is 0 Å². The molecule has 35 heavy (non-hydrogen) atoms. The molecule has 1 aliphatic heterocycles. The minimum atomic E-state index is -0.424. The maximum absolute atomic E-state index is 12.4. The molecule has 2 aromatic rings. The smallest absolute Gasteiger partial charge is 0.409 e. The van der Waals surface area contributed by atoms with Crippen LogP contribution >= 0.6 is 0 Å². The number of esters is 1. The first-order valence-electron chi connectivity index (χ1n) is 12.6. The van der Waals surface area contributed by atoms with Crippen molar-refractivity contribution in [3.05, 3.63) is 59.9 Å². The Hall–Kier alpha value is -3.35. The number of hydrogen-bond donors (Lipinski definition) is 0. The molecule has 0 radical (unpaired) electrons. The number of rotatable bonds is 10. The lowest BCUT2D eigenvalue weighted by atomic mass is 10.0. The molecule has 4 rings (SSSR count). The standard InChI is InChI=1S/C28H35N3O4/c1-30(18-9-3-4-10-19-31(2)28(33)34-22-14-6-7-15-22)20-25-27(32)35-26(29-25)24-17-11-13-21-12-5-8-16-23(21)24/h5,8,11-13,16-17,20,22H,3-4,6-7,9-10,14-15,18-19H2,1-2H3/b25-20+. The van der Waals surface area contributed by atoms with Crippen LogP contribution in [0.2, 0.25) is 0 Å². The average Bonchev–Trinajstić information content (AvgIpc) is 3.50. The molecule has 0 spiro atoms. The number of unbranched alkanes of at least 4 members (excludes halogenated alkanes) is 3. The molecule has 1 aliphatic carbocycles. The fourth-order valence-corrected chi connectivity index (χ4v) is 4.59. The topological polar surface area (TPSA) is 71.4 Å². The van der Waals surface area contributed by atoms with Crippen LogP contribution in [0.3, 0.4) is 0 Å². The van der Waals surface area contributed by atoms with Gasteiger partial charge in [0.15, 0.2) is 5.70 Å². The zero-order valence-corrected chi connectivity index (χ0v) is 20.7. The number of aliphatic imine (C=N–C) groups is 1. The van der Waals surface area contributed by atoms with E-state index in [1.54, 1.807) is 11.1 Å². The molecule has 0 atom stereocenters. The molecule has 186 valence electrons. The largest absolute Gasteiger partial charge is 0.446 e. The number of ether oxygens (including phenoxy) is 2. The molecule has 0 bridgehead atoms. The van der Waals surface area contributed by atoms with Gasteiger partial charge in [0.05, 0.1) is 0 Å². The quantitative estimate of drug-likeness (QED) is 0.257. The van der Waals surface area contributed by atoms with Crippen molar-refractivity contribution in [2.24, 2.45) is 4.99 Å². The van der Waals surface area contributed by atoms with E-state index in [1.807, 2.05) is 61.5 Å². The highest BCUT2D eigenvalue weighted by Crippen LogP contribution is 2.24. The number of nitrogens with zero attached hydrogens (tertiary/aromatic N) is 3. The minimum absolute atomic E-state index is 0.110. The number of cyclic esters (lactones) is 1. The first-order chi connectivity index (χ1) is 17.0. The molecule has 0 saturated heterocycles. The molecule has 1 heterocycles. The Morgan fingerprint density at radius 3 is 2.54 bits per heavy atom. The van der Waals surface area contributed by atoms with Gasteiger partial charge in [0.25, 0.3) is 0 Å². The molecule has 1 saturated carbocycles. The molecule has 7 nitrogen and oxygen atoms in total. The summed E-state index contributed by atoms with van der Waals surface area (Å²) >= 11 is 0. The van der Waals surface area contributed by atoms with E-state index in [4.69, 9.17) is 9.47 Å². The van der Waals surface area contributed by atoms with Crippen LogP contribution in [0, 0.1) is 0 Å². The second-order valence-corrected chi connectivity index (χ2v) is 9.45. The van der Waals surface area contributed by atoms with E-state index in [0.717, 1.165) is 74.2 Å². The van der Waals surface area contributed by atoms with Gasteiger partial charge in [0, 0.05) is 38.9 Å². The number of fused-ring (bicyclic) bond motifs is 1. The SMILES string of the molecule is CN(/C=C1/N=C(c2cccc3ccccc23)OC1=O)CCCCCCN(C)C(=O)OC1CCCC1. The summed E-state index contributed by atoms with van der Waals surface area (Å²) in [5, 5.41) is 2.09. The van der Waals surface area contributed by atoms with Crippen molar-refractivity contribution in [3.8, 4) is 0 Å². The van der Waals surface area contributed by atoms with E-state index in [9.17, 15) is 9.59 Å². The van der Waals surface area contributed by atoms with Crippen molar-refractivity contribution in [1.82, 2.24) is 9.80 Å². The summed E-state index contributed by atoms with van der Waals surface area (Å²) in [5.74, 6) is -0.0747. The lowest BCUT2D eigenvalue weighted by Gasteiger charge is -2.20. The van der Waals surface area contributed by atoms with Crippen molar-refractivity contribution in [1.29, 1.82) is 0 Å². The van der Waals surface area contributed by atoms with Crippen molar-refractivity contribution >= 4 is 28.7 Å². The van der Waals surface area contributed by atoms with E-state index in [2.05, 4.69) is 4.99 Å². The molecule has 2 aromatic carbocycles. The van der Waals surface area contributed by atoms with Gasteiger partial charge in [0.2, 0.25) is 5.90 Å². The molecule has 1 amide bonds. The fraction of sp³-hybridized carbons (Fsp3) is 0.464. The third-order valence-electron chi connectivity index (χ3n) is 6.62. The first-order valence-corrected chi connectivity index (χ1v) is 12.6. The van der Waals surface area contributed by atoms with Gasteiger partial charge < -0.3 is 19.3 Å². The molecular formula is C28H35N3O4. The van der Waals surface area contributed by atoms with Crippen LogP contribution in [0.4, 0.5) is 4.79 Å². The third-order valence-corrected chi connectivity index (χ3v) is 6.62. The maximum Gasteiger partial charge on any atom is 0.409 e. The van der Waals surface area contributed by atoms with Gasteiger partial charge in [-0.2, -0.15) is 0 Å². The van der Waals surface area contributed by atoms with Gasteiger partial charge in [-0.15, -0.1) is 0 Å². The van der Waals surface area contributed by atoms with Gasteiger partial charge in [-0.05, 0) is 55.4 Å².